The molecule has 0 spiro atoms. The van der Waals surface area contributed by atoms with Crippen molar-refractivity contribution in [2.75, 3.05) is 0 Å². The largest absolute Gasteiger partial charge is 0.508 e. The van der Waals surface area contributed by atoms with E-state index in [1.807, 2.05) is 6.92 Å². The summed E-state index contributed by atoms with van der Waals surface area (Å²) in [6.45, 7) is 1.87. The first-order chi connectivity index (χ1) is 7.24. The summed E-state index contributed by atoms with van der Waals surface area (Å²) >= 11 is 0. The smallest absolute Gasteiger partial charge is 0.322 e. The van der Waals surface area contributed by atoms with Crippen molar-refractivity contribution < 1.29 is 9.84 Å². The lowest BCUT2D eigenvalue weighted by molar-refractivity contribution is 0.436. The van der Waals surface area contributed by atoms with Gasteiger partial charge in [-0.15, -0.1) is 0 Å². The number of aromatic nitrogens is 2. The van der Waals surface area contributed by atoms with Crippen molar-refractivity contribution in [1.82, 2.24) is 9.97 Å². The van der Waals surface area contributed by atoms with Gasteiger partial charge in [-0.1, -0.05) is 0 Å². The van der Waals surface area contributed by atoms with Crippen molar-refractivity contribution in [2.45, 2.75) is 6.92 Å². The van der Waals surface area contributed by atoms with E-state index >= 15 is 0 Å². The van der Waals surface area contributed by atoms with Crippen LogP contribution in [0.4, 0.5) is 0 Å². The average Bonchev–Trinajstić information content (AvgIpc) is 2.22. The minimum absolute atomic E-state index is 0.201. The van der Waals surface area contributed by atoms with Crippen LogP contribution in [0.2, 0.25) is 0 Å². The number of phenolic OH excluding ortho intramolecular Hbond substituents is 1. The molecule has 0 radical (unpaired) electrons. The highest BCUT2D eigenvalue weighted by molar-refractivity contribution is 5.31. The lowest BCUT2D eigenvalue weighted by atomic mass is 10.3. The number of hydrogen-bond acceptors (Lipinski definition) is 4. The minimum Gasteiger partial charge on any atom is -0.508 e. The van der Waals surface area contributed by atoms with E-state index in [0.717, 1.165) is 5.69 Å². The Morgan fingerprint density at radius 3 is 2.53 bits per heavy atom. The van der Waals surface area contributed by atoms with Crippen LogP contribution in [0.3, 0.4) is 0 Å². The molecular weight excluding hydrogens is 192 g/mol. The average molecular weight is 202 g/mol. The van der Waals surface area contributed by atoms with Crippen LogP contribution in [0.15, 0.2) is 36.5 Å². The molecule has 0 atom stereocenters. The van der Waals surface area contributed by atoms with Crippen LogP contribution in [0, 0.1) is 6.92 Å². The maximum Gasteiger partial charge on any atom is 0.322 e. The molecule has 2 aromatic rings. The van der Waals surface area contributed by atoms with Gasteiger partial charge in [-0.05, 0) is 37.3 Å². The second kappa shape index (κ2) is 3.96. The first-order valence-electron chi connectivity index (χ1n) is 4.50. The Labute approximate surface area is 87.2 Å². The summed E-state index contributed by atoms with van der Waals surface area (Å²) in [6.07, 6.45) is 1.64. The zero-order chi connectivity index (χ0) is 10.7. The predicted octanol–water partition coefficient (Wildman–Crippen LogP) is 2.28. The molecule has 0 aliphatic rings. The molecule has 15 heavy (non-hydrogen) atoms. The summed E-state index contributed by atoms with van der Waals surface area (Å²) in [5.74, 6) is 0.797. The maximum atomic E-state index is 9.08. The van der Waals surface area contributed by atoms with Gasteiger partial charge in [0, 0.05) is 11.9 Å². The highest BCUT2D eigenvalue weighted by atomic mass is 16.5. The standard InChI is InChI=1S/C11H10N2O2/c1-8-6-7-12-11(13-8)15-10-4-2-9(14)3-5-10/h2-7,14H,1H3. The number of hydrogen-bond donors (Lipinski definition) is 1. The van der Waals surface area contributed by atoms with E-state index in [1.165, 1.54) is 0 Å². The van der Waals surface area contributed by atoms with Crippen molar-refractivity contribution >= 4 is 0 Å². The van der Waals surface area contributed by atoms with Gasteiger partial charge in [0.1, 0.15) is 11.5 Å². The number of rotatable bonds is 2. The Morgan fingerprint density at radius 2 is 1.87 bits per heavy atom. The Balaban J connectivity index is 2.18. The summed E-state index contributed by atoms with van der Waals surface area (Å²) in [6, 6.07) is 8.50. The number of nitrogens with zero attached hydrogens (tertiary/aromatic N) is 2. The molecule has 0 aliphatic carbocycles. The molecule has 1 aromatic heterocycles. The number of ether oxygens (including phenoxy) is 1. The molecule has 0 aliphatic heterocycles. The molecule has 4 heteroatoms. The molecule has 0 saturated heterocycles. The zero-order valence-corrected chi connectivity index (χ0v) is 8.21. The highest BCUT2D eigenvalue weighted by Crippen LogP contribution is 2.20. The van der Waals surface area contributed by atoms with Gasteiger partial charge in [0.05, 0.1) is 0 Å². The van der Waals surface area contributed by atoms with E-state index in [1.54, 1.807) is 36.5 Å². The fourth-order valence-corrected chi connectivity index (χ4v) is 1.09. The number of benzene rings is 1. The van der Waals surface area contributed by atoms with E-state index in [4.69, 9.17) is 9.84 Å². The zero-order valence-electron chi connectivity index (χ0n) is 8.21. The third-order valence-corrected chi connectivity index (χ3v) is 1.82. The molecule has 0 saturated carbocycles. The van der Waals surface area contributed by atoms with Gasteiger partial charge in [-0.25, -0.2) is 9.97 Å². The van der Waals surface area contributed by atoms with Crippen molar-refractivity contribution in [1.29, 1.82) is 0 Å². The van der Waals surface area contributed by atoms with Crippen LogP contribution >= 0.6 is 0 Å². The fraction of sp³-hybridized carbons (Fsp3) is 0.0909. The Kier molecular flexibility index (Phi) is 2.49. The lowest BCUT2D eigenvalue weighted by Gasteiger charge is -2.03. The molecule has 4 nitrogen and oxygen atoms in total. The third kappa shape index (κ3) is 2.43. The third-order valence-electron chi connectivity index (χ3n) is 1.82. The lowest BCUT2D eigenvalue weighted by Crippen LogP contribution is -1.92. The summed E-state index contributed by atoms with van der Waals surface area (Å²) in [5, 5.41) is 9.08. The molecular formula is C11H10N2O2. The highest BCUT2D eigenvalue weighted by Gasteiger charge is 1.99. The SMILES string of the molecule is Cc1ccnc(Oc2ccc(O)cc2)n1. The van der Waals surface area contributed by atoms with Gasteiger partial charge in [0.15, 0.2) is 0 Å². The van der Waals surface area contributed by atoms with Crippen LogP contribution in [0.5, 0.6) is 17.5 Å². The Bertz CT molecular complexity index is 454. The van der Waals surface area contributed by atoms with E-state index in [-0.39, 0.29) is 5.75 Å². The fourth-order valence-electron chi connectivity index (χ4n) is 1.09. The van der Waals surface area contributed by atoms with E-state index in [2.05, 4.69) is 9.97 Å². The monoisotopic (exact) mass is 202 g/mol. The van der Waals surface area contributed by atoms with Crippen LogP contribution in [0.1, 0.15) is 5.69 Å². The maximum absolute atomic E-state index is 9.08. The summed E-state index contributed by atoms with van der Waals surface area (Å²) in [7, 11) is 0. The van der Waals surface area contributed by atoms with E-state index in [0.29, 0.717) is 11.8 Å². The summed E-state index contributed by atoms with van der Waals surface area (Å²) < 4.78 is 5.38. The predicted molar refractivity (Wildman–Crippen MR) is 54.9 cm³/mol. The topological polar surface area (TPSA) is 55.2 Å². The summed E-state index contributed by atoms with van der Waals surface area (Å²) in [5.41, 5.74) is 0.846. The van der Waals surface area contributed by atoms with Gasteiger partial charge >= 0.3 is 6.01 Å². The first-order valence-corrected chi connectivity index (χ1v) is 4.50. The molecule has 0 bridgehead atoms. The second-order valence-corrected chi connectivity index (χ2v) is 3.08. The van der Waals surface area contributed by atoms with Gasteiger partial charge in [-0.3, -0.25) is 0 Å². The molecule has 0 fully saturated rings. The molecule has 0 amide bonds. The van der Waals surface area contributed by atoms with Crippen LogP contribution < -0.4 is 4.74 Å². The van der Waals surface area contributed by atoms with Crippen molar-refractivity contribution in [3.8, 4) is 17.5 Å². The number of aromatic hydroxyl groups is 1. The minimum atomic E-state index is 0.201. The van der Waals surface area contributed by atoms with Crippen LogP contribution in [0.25, 0.3) is 0 Å². The molecule has 1 heterocycles. The quantitative estimate of drug-likeness (QED) is 0.811. The molecule has 76 valence electrons. The van der Waals surface area contributed by atoms with Crippen LogP contribution in [-0.4, -0.2) is 15.1 Å². The molecule has 0 unspecified atom stereocenters. The number of aryl methyl sites for hydroxylation is 1. The van der Waals surface area contributed by atoms with Crippen molar-refractivity contribution in [3.05, 3.63) is 42.2 Å². The van der Waals surface area contributed by atoms with Crippen molar-refractivity contribution in [3.63, 3.8) is 0 Å². The first kappa shape index (κ1) is 9.45. The van der Waals surface area contributed by atoms with Gasteiger partial charge in [0.25, 0.3) is 0 Å². The second-order valence-electron chi connectivity index (χ2n) is 3.08. The van der Waals surface area contributed by atoms with Gasteiger partial charge in [-0.2, -0.15) is 0 Å². The van der Waals surface area contributed by atoms with Crippen LogP contribution in [-0.2, 0) is 0 Å². The Morgan fingerprint density at radius 1 is 1.13 bits per heavy atom. The normalized spacial score (nSPS) is 9.93. The molecule has 2 rings (SSSR count). The molecule has 1 N–H and O–H groups in total. The Hall–Kier alpha value is -2.10. The van der Waals surface area contributed by atoms with E-state index in [9.17, 15) is 0 Å². The van der Waals surface area contributed by atoms with E-state index < -0.39 is 0 Å². The van der Waals surface area contributed by atoms with Crippen molar-refractivity contribution in [2.24, 2.45) is 0 Å². The number of phenols is 1. The van der Waals surface area contributed by atoms with Gasteiger partial charge < -0.3 is 9.84 Å². The summed E-state index contributed by atoms with van der Waals surface area (Å²) in [4.78, 5) is 8.06. The van der Waals surface area contributed by atoms with Gasteiger partial charge in [0.2, 0.25) is 0 Å². The molecule has 1 aromatic carbocycles.